The van der Waals surface area contributed by atoms with E-state index in [0.29, 0.717) is 5.92 Å². The number of amides is 2. The first-order valence-electron chi connectivity index (χ1n) is 9.30. The van der Waals surface area contributed by atoms with Crippen LogP contribution in [0.25, 0.3) is 0 Å². The summed E-state index contributed by atoms with van der Waals surface area (Å²) in [7, 11) is 0. The highest BCUT2D eigenvalue weighted by Gasteiger charge is 2.41. The van der Waals surface area contributed by atoms with Crippen molar-refractivity contribution in [2.45, 2.75) is 57.6 Å². The zero-order valence-electron chi connectivity index (χ0n) is 15.0. The maximum absolute atomic E-state index is 12.2. The monoisotopic (exact) mass is 330 g/mol. The Balaban J connectivity index is 1.54. The summed E-state index contributed by atoms with van der Waals surface area (Å²) in [6.45, 7) is 6.46. The Morgan fingerprint density at radius 2 is 2.00 bits per heavy atom. The molecule has 132 valence electrons. The molecule has 1 unspecified atom stereocenters. The van der Waals surface area contributed by atoms with Crippen LogP contribution in [0.1, 0.15) is 45.1 Å². The van der Waals surface area contributed by atoms with Crippen molar-refractivity contribution >= 4 is 6.03 Å². The Bertz CT molecular complexity index is 536. The fraction of sp³-hybridized carbons (Fsp3) is 0.650. The van der Waals surface area contributed by atoms with E-state index < -0.39 is 0 Å². The number of likely N-dealkylation sites (tertiary alicyclic amines) is 1. The number of nitrogens with zero attached hydrogens (tertiary/aromatic N) is 1. The number of benzene rings is 1. The molecule has 1 atom stereocenters. The summed E-state index contributed by atoms with van der Waals surface area (Å²) in [5, 5.41) is 2.99. The Morgan fingerprint density at radius 3 is 2.67 bits per heavy atom. The van der Waals surface area contributed by atoms with Gasteiger partial charge in [-0.05, 0) is 57.4 Å². The van der Waals surface area contributed by atoms with Crippen LogP contribution in [0.4, 0.5) is 4.79 Å². The Hall–Kier alpha value is -1.55. The number of hydrogen-bond donors (Lipinski definition) is 1. The minimum absolute atomic E-state index is 0.00763. The zero-order valence-corrected chi connectivity index (χ0v) is 15.0. The number of rotatable bonds is 3. The first-order chi connectivity index (χ1) is 11.6. The van der Waals surface area contributed by atoms with Gasteiger partial charge in [-0.1, -0.05) is 30.3 Å². The molecule has 4 heteroatoms. The van der Waals surface area contributed by atoms with E-state index in [4.69, 9.17) is 4.74 Å². The van der Waals surface area contributed by atoms with Crippen molar-refractivity contribution < 1.29 is 9.53 Å². The number of nitrogens with one attached hydrogen (secondary N) is 1. The molecular formula is C20H30N2O2. The normalized spacial score (nSPS) is 23.5. The zero-order chi connectivity index (χ0) is 17.0. The molecule has 0 aromatic heterocycles. The van der Waals surface area contributed by atoms with Crippen LogP contribution >= 0.6 is 0 Å². The topological polar surface area (TPSA) is 41.6 Å². The van der Waals surface area contributed by atoms with Crippen LogP contribution in [0, 0.1) is 5.92 Å². The quantitative estimate of drug-likeness (QED) is 0.920. The van der Waals surface area contributed by atoms with Gasteiger partial charge in [-0.2, -0.15) is 0 Å². The lowest BCUT2D eigenvalue weighted by atomic mass is 9.77. The van der Waals surface area contributed by atoms with Crippen molar-refractivity contribution in [1.29, 1.82) is 0 Å². The average Bonchev–Trinajstić information content (AvgIpc) is 2.56. The first-order valence-corrected chi connectivity index (χ1v) is 9.30. The van der Waals surface area contributed by atoms with Crippen molar-refractivity contribution in [1.82, 2.24) is 10.2 Å². The van der Waals surface area contributed by atoms with Gasteiger partial charge in [-0.3, -0.25) is 0 Å². The molecule has 0 radical (unpaired) electrons. The molecule has 0 bridgehead atoms. The summed E-state index contributed by atoms with van der Waals surface area (Å²) in [6.07, 6.45) is 5.34. The Kier molecular flexibility index (Phi) is 5.44. The van der Waals surface area contributed by atoms with E-state index in [9.17, 15) is 4.79 Å². The predicted octanol–water partition coefficient (Wildman–Crippen LogP) is 3.61. The lowest BCUT2D eigenvalue weighted by molar-refractivity contribution is -0.122. The second-order valence-electron chi connectivity index (χ2n) is 7.67. The molecule has 4 nitrogen and oxygen atoms in total. The van der Waals surface area contributed by atoms with E-state index >= 15 is 0 Å². The summed E-state index contributed by atoms with van der Waals surface area (Å²) >= 11 is 0. The van der Waals surface area contributed by atoms with E-state index in [0.717, 1.165) is 51.8 Å². The summed E-state index contributed by atoms with van der Waals surface area (Å²) in [6, 6.07) is 11.0. The molecule has 24 heavy (non-hydrogen) atoms. The molecule has 2 saturated heterocycles. The van der Waals surface area contributed by atoms with E-state index in [1.807, 2.05) is 18.7 Å². The van der Waals surface area contributed by atoms with Crippen molar-refractivity contribution in [3.05, 3.63) is 35.9 Å². The highest BCUT2D eigenvalue weighted by Crippen LogP contribution is 2.38. The molecule has 1 N–H and O–H groups in total. The molecular weight excluding hydrogens is 300 g/mol. The van der Waals surface area contributed by atoms with Crippen LogP contribution < -0.4 is 5.32 Å². The third kappa shape index (κ3) is 4.29. The van der Waals surface area contributed by atoms with Crippen LogP contribution in [0.3, 0.4) is 0 Å². The fourth-order valence-corrected chi connectivity index (χ4v) is 4.05. The number of hydrogen-bond acceptors (Lipinski definition) is 2. The molecule has 0 aliphatic carbocycles. The van der Waals surface area contributed by atoms with Crippen LogP contribution in [-0.2, 0) is 11.2 Å². The first kappa shape index (κ1) is 17.3. The molecule has 1 aromatic carbocycles. The van der Waals surface area contributed by atoms with E-state index in [1.54, 1.807) is 0 Å². The third-order valence-corrected chi connectivity index (χ3v) is 5.34. The largest absolute Gasteiger partial charge is 0.375 e. The highest BCUT2D eigenvalue weighted by molar-refractivity contribution is 5.74. The summed E-state index contributed by atoms with van der Waals surface area (Å²) < 4.78 is 6.23. The third-order valence-electron chi connectivity index (χ3n) is 5.34. The molecule has 2 amide bonds. The van der Waals surface area contributed by atoms with E-state index in [-0.39, 0.29) is 17.7 Å². The summed E-state index contributed by atoms with van der Waals surface area (Å²) in [5.41, 5.74) is 1.42. The van der Waals surface area contributed by atoms with Crippen molar-refractivity contribution in [2.24, 2.45) is 5.92 Å². The average molecular weight is 330 g/mol. The number of carbonyl (C=O) groups excluding carboxylic acids is 1. The molecule has 2 aliphatic heterocycles. The Morgan fingerprint density at radius 1 is 1.29 bits per heavy atom. The molecule has 2 heterocycles. The van der Waals surface area contributed by atoms with Gasteiger partial charge in [0.25, 0.3) is 0 Å². The van der Waals surface area contributed by atoms with Gasteiger partial charge >= 0.3 is 6.03 Å². The van der Waals surface area contributed by atoms with Gasteiger partial charge in [0.2, 0.25) is 0 Å². The number of carbonyl (C=O) groups is 1. The Labute approximate surface area is 145 Å². The number of ether oxygens (including phenoxy) is 1. The molecule has 2 fully saturated rings. The van der Waals surface area contributed by atoms with Crippen LogP contribution in [-0.4, -0.2) is 42.3 Å². The minimum Gasteiger partial charge on any atom is -0.375 e. The second kappa shape index (κ2) is 7.56. The molecule has 2 aliphatic rings. The van der Waals surface area contributed by atoms with Gasteiger partial charge in [0, 0.05) is 25.7 Å². The fourth-order valence-electron chi connectivity index (χ4n) is 4.05. The van der Waals surface area contributed by atoms with Gasteiger partial charge in [-0.15, -0.1) is 0 Å². The standard InChI is InChI=1S/C20H30N2O2/c1-16(2)21-19(23)22-11-9-20(10-12-22)15-18(8-13-24-20)14-17-6-4-3-5-7-17/h3-7,16,18H,8-15H2,1-2H3,(H,21,23). The maximum atomic E-state index is 12.2. The predicted molar refractivity (Wildman–Crippen MR) is 96.0 cm³/mol. The van der Waals surface area contributed by atoms with Crippen LogP contribution in [0.15, 0.2) is 30.3 Å². The van der Waals surface area contributed by atoms with Gasteiger partial charge in [0.05, 0.1) is 5.60 Å². The van der Waals surface area contributed by atoms with Crippen LogP contribution in [0.2, 0.25) is 0 Å². The summed E-state index contributed by atoms with van der Waals surface area (Å²) in [5.74, 6) is 0.692. The second-order valence-corrected chi connectivity index (χ2v) is 7.67. The van der Waals surface area contributed by atoms with Crippen molar-refractivity contribution in [3.8, 4) is 0 Å². The van der Waals surface area contributed by atoms with Crippen molar-refractivity contribution in [2.75, 3.05) is 19.7 Å². The van der Waals surface area contributed by atoms with E-state index in [1.165, 1.54) is 5.56 Å². The van der Waals surface area contributed by atoms with Gasteiger partial charge in [0.15, 0.2) is 0 Å². The van der Waals surface area contributed by atoms with Gasteiger partial charge < -0.3 is 15.0 Å². The minimum atomic E-state index is -0.00763. The van der Waals surface area contributed by atoms with E-state index in [2.05, 4.69) is 35.6 Å². The van der Waals surface area contributed by atoms with Crippen molar-refractivity contribution in [3.63, 3.8) is 0 Å². The lowest BCUT2D eigenvalue weighted by Gasteiger charge is -2.46. The smallest absolute Gasteiger partial charge is 0.317 e. The van der Waals surface area contributed by atoms with Gasteiger partial charge in [0.1, 0.15) is 0 Å². The van der Waals surface area contributed by atoms with Gasteiger partial charge in [-0.25, -0.2) is 4.79 Å². The number of urea groups is 1. The molecule has 0 saturated carbocycles. The number of piperidine rings is 1. The highest BCUT2D eigenvalue weighted by atomic mass is 16.5. The lowest BCUT2D eigenvalue weighted by Crippen LogP contribution is -2.53. The summed E-state index contributed by atoms with van der Waals surface area (Å²) in [4.78, 5) is 14.1. The molecule has 1 aromatic rings. The maximum Gasteiger partial charge on any atom is 0.317 e. The molecule has 1 spiro atoms. The van der Waals surface area contributed by atoms with Crippen LogP contribution in [0.5, 0.6) is 0 Å². The molecule has 3 rings (SSSR count). The SMILES string of the molecule is CC(C)NC(=O)N1CCC2(CC1)CC(Cc1ccccc1)CCO2.